The van der Waals surface area contributed by atoms with Gasteiger partial charge in [-0.25, -0.2) is 9.97 Å². The molecule has 0 bridgehead atoms. The van der Waals surface area contributed by atoms with Crippen LogP contribution in [0.1, 0.15) is 38.5 Å². The van der Waals surface area contributed by atoms with Gasteiger partial charge in [-0.15, -0.1) is 0 Å². The van der Waals surface area contributed by atoms with Gasteiger partial charge in [-0.3, -0.25) is 9.48 Å². The van der Waals surface area contributed by atoms with Gasteiger partial charge in [0.25, 0.3) is 0 Å². The highest BCUT2D eigenvalue weighted by Crippen LogP contribution is 2.46. The molecule has 0 radical (unpaired) electrons. The van der Waals surface area contributed by atoms with Crippen LogP contribution in [-0.2, 0) is 10.3 Å². The molecule has 1 amide bonds. The summed E-state index contributed by atoms with van der Waals surface area (Å²) in [7, 11) is 0. The van der Waals surface area contributed by atoms with E-state index in [-0.39, 0.29) is 11.8 Å². The third-order valence-corrected chi connectivity index (χ3v) is 6.62. The normalized spacial score (nSPS) is 21.9. The van der Waals surface area contributed by atoms with Gasteiger partial charge in [0.05, 0.1) is 41.9 Å². The lowest BCUT2D eigenvalue weighted by Gasteiger charge is -2.43. The molecule has 170 valence electrons. The van der Waals surface area contributed by atoms with Gasteiger partial charge in [0.1, 0.15) is 0 Å². The summed E-state index contributed by atoms with van der Waals surface area (Å²) in [5.41, 5.74) is 2.84. The van der Waals surface area contributed by atoms with Crippen LogP contribution in [0, 0.1) is 28.6 Å². The SMILES string of the molecule is N#CCC1(n2cc(-c3ccnc(Nc4ccc(N5CCCCC5=O)cc4)n3)cn2)CC(C#N)C1. The molecule has 1 aliphatic heterocycles. The molecule has 0 spiro atoms. The molecule has 3 heterocycles. The van der Waals surface area contributed by atoms with Crippen LogP contribution in [0.3, 0.4) is 0 Å². The molecule has 1 aromatic carbocycles. The van der Waals surface area contributed by atoms with Gasteiger partial charge in [0.2, 0.25) is 11.9 Å². The van der Waals surface area contributed by atoms with E-state index in [1.807, 2.05) is 46.1 Å². The standard InChI is InChI=1S/C25H24N8O/c26-10-9-25(13-18(14-25)15-27)33-17-19(16-29-33)22-8-11-28-24(31-22)30-20-4-6-21(7-5-20)32-12-2-1-3-23(32)34/h4-8,11,16-18H,1-3,9,12-14H2,(H,28,30,31). The zero-order valence-corrected chi connectivity index (χ0v) is 18.7. The Hall–Kier alpha value is -4.24. The first kappa shape index (κ1) is 21.6. The van der Waals surface area contributed by atoms with Gasteiger partial charge in [-0.05, 0) is 56.0 Å². The number of anilines is 3. The predicted molar refractivity (Wildman–Crippen MR) is 126 cm³/mol. The maximum Gasteiger partial charge on any atom is 0.227 e. The van der Waals surface area contributed by atoms with Crippen molar-refractivity contribution >= 4 is 23.2 Å². The quantitative estimate of drug-likeness (QED) is 0.596. The lowest BCUT2D eigenvalue weighted by atomic mass is 9.67. The van der Waals surface area contributed by atoms with E-state index in [9.17, 15) is 10.1 Å². The molecule has 5 rings (SSSR count). The molecule has 9 heteroatoms. The van der Waals surface area contributed by atoms with Gasteiger partial charge in [-0.1, -0.05) is 0 Å². The van der Waals surface area contributed by atoms with E-state index < -0.39 is 5.54 Å². The number of carbonyl (C=O) groups is 1. The molecule has 1 N–H and O–H groups in total. The average Bonchev–Trinajstić information content (AvgIpc) is 3.33. The number of nitriles is 2. The Morgan fingerprint density at radius 3 is 2.71 bits per heavy atom. The van der Waals surface area contributed by atoms with Crippen LogP contribution >= 0.6 is 0 Å². The summed E-state index contributed by atoms with van der Waals surface area (Å²) < 4.78 is 1.81. The Morgan fingerprint density at radius 2 is 1.97 bits per heavy atom. The number of amides is 1. The minimum atomic E-state index is -0.418. The summed E-state index contributed by atoms with van der Waals surface area (Å²) in [6, 6.07) is 14.0. The Bertz CT molecular complexity index is 1280. The third kappa shape index (κ3) is 4.08. The average molecular weight is 453 g/mol. The fourth-order valence-electron chi connectivity index (χ4n) is 4.74. The van der Waals surface area contributed by atoms with Crippen LogP contribution in [-0.4, -0.2) is 32.2 Å². The molecule has 34 heavy (non-hydrogen) atoms. The number of nitrogens with one attached hydrogen (secondary N) is 1. The molecular formula is C25H24N8O. The van der Waals surface area contributed by atoms with E-state index in [1.165, 1.54) is 0 Å². The zero-order chi connectivity index (χ0) is 23.5. The van der Waals surface area contributed by atoms with Crippen LogP contribution in [0.25, 0.3) is 11.3 Å². The van der Waals surface area contributed by atoms with Gasteiger partial charge < -0.3 is 10.2 Å². The lowest BCUT2D eigenvalue weighted by molar-refractivity contribution is -0.119. The smallest absolute Gasteiger partial charge is 0.227 e. The molecule has 3 aromatic rings. The molecule has 2 aromatic heterocycles. The molecule has 9 nitrogen and oxygen atoms in total. The number of hydrogen-bond acceptors (Lipinski definition) is 7. The molecule has 2 aliphatic rings. The predicted octanol–water partition coefficient (Wildman–Crippen LogP) is 4.14. The number of hydrogen-bond donors (Lipinski definition) is 1. The van der Waals surface area contributed by atoms with Crippen molar-refractivity contribution in [3.05, 3.63) is 48.9 Å². The van der Waals surface area contributed by atoms with Gasteiger partial charge >= 0.3 is 0 Å². The second-order valence-corrected chi connectivity index (χ2v) is 8.91. The highest BCUT2D eigenvalue weighted by molar-refractivity contribution is 5.94. The zero-order valence-electron chi connectivity index (χ0n) is 18.7. The summed E-state index contributed by atoms with van der Waals surface area (Å²) in [6.45, 7) is 0.761. The van der Waals surface area contributed by atoms with E-state index >= 15 is 0 Å². The second-order valence-electron chi connectivity index (χ2n) is 8.91. The molecule has 1 saturated heterocycles. The first-order chi connectivity index (χ1) is 16.6. The number of nitrogens with zero attached hydrogens (tertiary/aromatic N) is 7. The molecule has 2 fully saturated rings. The number of piperidine rings is 1. The maximum atomic E-state index is 12.2. The Morgan fingerprint density at radius 1 is 1.15 bits per heavy atom. The van der Waals surface area contributed by atoms with Crippen LogP contribution < -0.4 is 10.2 Å². The fourth-order valence-corrected chi connectivity index (χ4v) is 4.74. The van der Waals surface area contributed by atoms with Gasteiger partial charge in [0.15, 0.2) is 0 Å². The van der Waals surface area contributed by atoms with Crippen molar-refractivity contribution < 1.29 is 4.79 Å². The highest BCUT2D eigenvalue weighted by Gasteiger charge is 2.46. The van der Waals surface area contributed by atoms with Crippen molar-refractivity contribution in [3.63, 3.8) is 0 Å². The van der Waals surface area contributed by atoms with Gasteiger partial charge in [-0.2, -0.15) is 15.6 Å². The molecule has 0 atom stereocenters. The van der Waals surface area contributed by atoms with Crippen LogP contribution in [0.5, 0.6) is 0 Å². The Labute approximate surface area is 197 Å². The van der Waals surface area contributed by atoms with Crippen molar-refractivity contribution in [1.82, 2.24) is 19.7 Å². The van der Waals surface area contributed by atoms with E-state index in [2.05, 4.69) is 32.5 Å². The highest BCUT2D eigenvalue weighted by atomic mass is 16.2. The first-order valence-corrected chi connectivity index (χ1v) is 11.4. The number of rotatable bonds is 6. The van der Waals surface area contributed by atoms with E-state index in [4.69, 9.17) is 5.26 Å². The summed E-state index contributed by atoms with van der Waals surface area (Å²) in [5, 5.41) is 26.1. The van der Waals surface area contributed by atoms with Crippen molar-refractivity contribution in [1.29, 1.82) is 10.5 Å². The van der Waals surface area contributed by atoms with E-state index in [0.717, 1.165) is 36.3 Å². The minimum absolute atomic E-state index is 0.0322. The topological polar surface area (TPSA) is 124 Å². The summed E-state index contributed by atoms with van der Waals surface area (Å²) >= 11 is 0. The molecular weight excluding hydrogens is 428 g/mol. The van der Waals surface area contributed by atoms with Crippen LogP contribution in [0.15, 0.2) is 48.9 Å². The van der Waals surface area contributed by atoms with Gasteiger partial charge in [0, 0.05) is 42.3 Å². The van der Waals surface area contributed by atoms with E-state index in [0.29, 0.717) is 37.3 Å². The minimum Gasteiger partial charge on any atom is -0.324 e. The van der Waals surface area contributed by atoms with E-state index in [1.54, 1.807) is 12.4 Å². The molecule has 1 aliphatic carbocycles. The number of carbonyl (C=O) groups excluding carboxylic acids is 1. The second kappa shape index (κ2) is 8.95. The lowest BCUT2D eigenvalue weighted by Crippen LogP contribution is -2.46. The Kier molecular flexibility index (Phi) is 5.69. The first-order valence-electron chi connectivity index (χ1n) is 11.4. The van der Waals surface area contributed by atoms with Crippen LogP contribution in [0.2, 0.25) is 0 Å². The molecule has 0 unspecified atom stereocenters. The van der Waals surface area contributed by atoms with Crippen molar-refractivity contribution in [3.8, 4) is 23.4 Å². The summed E-state index contributed by atoms with van der Waals surface area (Å²) in [4.78, 5) is 22.9. The fraction of sp³-hybridized carbons (Fsp3) is 0.360. The monoisotopic (exact) mass is 452 g/mol. The number of benzene rings is 1. The van der Waals surface area contributed by atoms with Crippen molar-refractivity contribution in [2.45, 2.75) is 44.1 Å². The molecule has 1 saturated carbocycles. The Balaban J connectivity index is 1.31. The van der Waals surface area contributed by atoms with Crippen LogP contribution in [0.4, 0.5) is 17.3 Å². The summed E-state index contributed by atoms with van der Waals surface area (Å²) in [5.74, 6) is 0.590. The third-order valence-electron chi connectivity index (χ3n) is 6.62. The van der Waals surface area contributed by atoms with Crippen molar-refractivity contribution in [2.24, 2.45) is 5.92 Å². The summed E-state index contributed by atoms with van der Waals surface area (Å²) in [6.07, 6.45) is 9.48. The largest absolute Gasteiger partial charge is 0.324 e. The number of aromatic nitrogens is 4. The maximum absolute atomic E-state index is 12.2. The van der Waals surface area contributed by atoms with Crippen molar-refractivity contribution in [2.75, 3.05) is 16.8 Å².